The minimum absolute atomic E-state index is 0.456. The van der Waals surface area contributed by atoms with E-state index in [0.29, 0.717) is 28.6 Å². The summed E-state index contributed by atoms with van der Waals surface area (Å²) in [6, 6.07) is 61.2. The van der Waals surface area contributed by atoms with E-state index in [9.17, 15) is 5.26 Å². The lowest BCUT2D eigenvalue weighted by Gasteiger charge is -2.12. The van der Waals surface area contributed by atoms with Crippen LogP contribution < -0.4 is 0 Å². The quantitative estimate of drug-likeness (QED) is 0.173. The fourth-order valence-electron chi connectivity index (χ4n) is 6.05. The number of hydrogen-bond acceptors (Lipinski definition) is 5. The van der Waals surface area contributed by atoms with Crippen LogP contribution in [-0.4, -0.2) is 19.9 Å². The van der Waals surface area contributed by atoms with Gasteiger partial charge in [-0.2, -0.15) is 5.26 Å². The average molecular weight is 640 g/mol. The number of nitrogens with zero attached hydrogens (tertiary/aromatic N) is 5. The molecule has 0 aliphatic rings. The summed E-state index contributed by atoms with van der Waals surface area (Å²) in [6.45, 7) is 0. The van der Waals surface area contributed by atoms with Gasteiger partial charge in [0.25, 0.3) is 0 Å². The van der Waals surface area contributed by atoms with Crippen molar-refractivity contribution < 1.29 is 0 Å². The molecule has 0 N–H and O–H groups in total. The van der Waals surface area contributed by atoms with Crippen LogP contribution in [0.15, 0.2) is 176 Å². The van der Waals surface area contributed by atoms with Crippen LogP contribution >= 0.6 is 0 Å². The van der Waals surface area contributed by atoms with Crippen molar-refractivity contribution in [3.8, 4) is 85.0 Å². The summed E-state index contributed by atoms with van der Waals surface area (Å²) < 4.78 is 0. The number of hydrogen-bond donors (Lipinski definition) is 0. The summed E-state index contributed by atoms with van der Waals surface area (Å²) in [7, 11) is 0. The monoisotopic (exact) mass is 639 g/mol. The maximum Gasteiger partial charge on any atom is 0.165 e. The highest BCUT2D eigenvalue weighted by molar-refractivity contribution is 5.80. The molecular weight excluding hydrogens is 611 g/mol. The molecule has 0 bridgehead atoms. The molecule has 0 aliphatic heterocycles. The second kappa shape index (κ2) is 13.6. The molecule has 0 spiro atoms. The van der Waals surface area contributed by atoms with Crippen LogP contribution in [0, 0.1) is 11.3 Å². The van der Waals surface area contributed by atoms with Gasteiger partial charge in [0.05, 0.1) is 23.0 Å². The molecule has 0 unspecified atom stereocenters. The van der Waals surface area contributed by atoms with Crippen LogP contribution in [0.25, 0.3) is 78.9 Å². The molecule has 0 saturated heterocycles. The van der Waals surface area contributed by atoms with Crippen LogP contribution in [0.5, 0.6) is 0 Å². The Morgan fingerprint density at radius 1 is 0.320 bits per heavy atom. The van der Waals surface area contributed by atoms with Gasteiger partial charge in [-0.1, -0.05) is 140 Å². The summed E-state index contributed by atoms with van der Waals surface area (Å²) in [5.74, 6) is 1.53. The second-order valence-corrected chi connectivity index (χ2v) is 11.8. The Hall–Kier alpha value is -7.03. The van der Waals surface area contributed by atoms with E-state index in [4.69, 9.17) is 19.9 Å². The van der Waals surface area contributed by atoms with Crippen LogP contribution in [-0.2, 0) is 0 Å². The van der Waals surface area contributed by atoms with Gasteiger partial charge in [0.15, 0.2) is 17.5 Å². The second-order valence-electron chi connectivity index (χ2n) is 11.8. The van der Waals surface area contributed by atoms with Gasteiger partial charge in [0.1, 0.15) is 0 Å². The van der Waals surface area contributed by atoms with Crippen LogP contribution in [0.2, 0.25) is 0 Å². The largest absolute Gasteiger partial charge is 0.248 e. The Morgan fingerprint density at radius 3 is 1.44 bits per heavy atom. The zero-order valence-electron chi connectivity index (χ0n) is 27.0. The van der Waals surface area contributed by atoms with E-state index in [1.807, 2.05) is 84.9 Å². The third-order valence-corrected chi connectivity index (χ3v) is 8.57. The van der Waals surface area contributed by atoms with Crippen molar-refractivity contribution in [2.45, 2.75) is 0 Å². The molecule has 2 aromatic heterocycles. The van der Waals surface area contributed by atoms with Crippen LogP contribution in [0.4, 0.5) is 0 Å². The van der Waals surface area contributed by atoms with E-state index >= 15 is 0 Å². The van der Waals surface area contributed by atoms with E-state index in [-0.39, 0.29) is 0 Å². The standard InChI is InChI=1S/C45H29N5/c46-30-38-20-10-11-25-40(38)45-49-43(33-18-8-3-9-19-33)48-44(50-45)37-24-13-22-35(27-37)34-21-12-23-36(26-34)42-29-39(31-14-4-1-5-15-31)28-41(47-42)32-16-6-2-7-17-32/h1-29H. The molecule has 234 valence electrons. The number of pyridine rings is 1. The lowest BCUT2D eigenvalue weighted by Crippen LogP contribution is -2.01. The topological polar surface area (TPSA) is 75.3 Å². The van der Waals surface area contributed by atoms with Gasteiger partial charge in [0, 0.05) is 27.8 Å². The molecular formula is C45H29N5. The van der Waals surface area contributed by atoms with Gasteiger partial charge >= 0.3 is 0 Å². The smallest absolute Gasteiger partial charge is 0.165 e. The van der Waals surface area contributed by atoms with Gasteiger partial charge in [-0.25, -0.2) is 19.9 Å². The molecule has 6 aromatic carbocycles. The first-order chi connectivity index (χ1) is 24.7. The zero-order chi connectivity index (χ0) is 33.7. The number of rotatable bonds is 7. The fourth-order valence-corrected chi connectivity index (χ4v) is 6.05. The molecule has 8 rings (SSSR count). The third-order valence-electron chi connectivity index (χ3n) is 8.57. The predicted octanol–water partition coefficient (Wildman–Crippen LogP) is 10.8. The van der Waals surface area contributed by atoms with Crippen molar-refractivity contribution in [1.29, 1.82) is 5.26 Å². The van der Waals surface area contributed by atoms with Crippen molar-refractivity contribution in [3.63, 3.8) is 0 Å². The minimum atomic E-state index is 0.456. The van der Waals surface area contributed by atoms with Crippen molar-refractivity contribution >= 4 is 0 Å². The van der Waals surface area contributed by atoms with Crippen molar-refractivity contribution in [2.75, 3.05) is 0 Å². The Balaban J connectivity index is 1.22. The molecule has 2 heterocycles. The van der Waals surface area contributed by atoms with E-state index < -0.39 is 0 Å². The number of aromatic nitrogens is 4. The summed E-state index contributed by atoms with van der Waals surface area (Å²) >= 11 is 0. The summed E-state index contributed by atoms with van der Waals surface area (Å²) in [5.41, 5.74) is 11.1. The highest BCUT2D eigenvalue weighted by Gasteiger charge is 2.16. The normalized spacial score (nSPS) is 10.8. The Kier molecular flexibility index (Phi) is 8.25. The Bertz CT molecular complexity index is 2430. The lowest BCUT2D eigenvalue weighted by atomic mass is 9.97. The number of benzene rings is 6. The SMILES string of the molecule is N#Cc1ccccc1-c1nc(-c2ccccc2)nc(-c2cccc(-c3cccc(-c4cc(-c5ccccc5)cc(-c5ccccc5)n4)c3)c2)n1. The molecule has 50 heavy (non-hydrogen) atoms. The average Bonchev–Trinajstić information content (AvgIpc) is 3.21. The van der Waals surface area contributed by atoms with E-state index in [2.05, 4.69) is 91.0 Å². The molecule has 0 radical (unpaired) electrons. The predicted molar refractivity (Wildman–Crippen MR) is 200 cm³/mol. The molecule has 0 fully saturated rings. The van der Waals surface area contributed by atoms with Gasteiger partial charge in [0.2, 0.25) is 0 Å². The molecule has 0 amide bonds. The maximum atomic E-state index is 9.84. The van der Waals surface area contributed by atoms with E-state index in [1.54, 1.807) is 6.07 Å². The first-order valence-corrected chi connectivity index (χ1v) is 16.4. The molecule has 0 saturated carbocycles. The third kappa shape index (κ3) is 6.29. The zero-order valence-corrected chi connectivity index (χ0v) is 27.0. The Morgan fingerprint density at radius 2 is 0.780 bits per heavy atom. The molecule has 0 atom stereocenters. The van der Waals surface area contributed by atoms with Crippen LogP contribution in [0.1, 0.15) is 5.56 Å². The van der Waals surface area contributed by atoms with Crippen LogP contribution in [0.3, 0.4) is 0 Å². The number of nitriles is 1. The summed E-state index contributed by atoms with van der Waals surface area (Å²) in [5, 5.41) is 9.84. The highest BCUT2D eigenvalue weighted by Crippen LogP contribution is 2.34. The fraction of sp³-hybridized carbons (Fsp3) is 0. The van der Waals surface area contributed by atoms with Gasteiger partial charge < -0.3 is 0 Å². The molecule has 8 aromatic rings. The van der Waals surface area contributed by atoms with Crippen molar-refractivity contribution in [2.24, 2.45) is 0 Å². The van der Waals surface area contributed by atoms with E-state index in [0.717, 1.165) is 55.9 Å². The molecule has 5 nitrogen and oxygen atoms in total. The molecule has 0 aliphatic carbocycles. The summed E-state index contributed by atoms with van der Waals surface area (Å²) in [4.78, 5) is 19.8. The molecule has 5 heteroatoms. The summed E-state index contributed by atoms with van der Waals surface area (Å²) in [6.07, 6.45) is 0. The Labute approximate surface area is 290 Å². The highest BCUT2D eigenvalue weighted by atomic mass is 15.0. The maximum absolute atomic E-state index is 9.84. The first kappa shape index (κ1) is 30.3. The minimum Gasteiger partial charge on any atom is -0.248 e. The van der Waals surface area contributed by atoms with Gasteiger partial charge in [-0.15, -0.1) is 0 Å². The first-order valence-electron chi connectivity index (χ1n) is 16.4. The lowest BCUT2D eigenvalue weighted by molar-refractivity contribution is 1.07. The van der Waals surface area contributed by atoms with Crippen molar-refractivity contribution in [1.82, 2.24) is 19.9 Å². The van der Waals surface area contributed by atoms with Gasteiger partial charge in [-0.05, 0) is 58.7 Å². The van der Waals surface area contributed by atoms with Crippen molar-refractivity contribution in [3.05, 3.63) is 181 Å². The van der Waals surface area contributed by atoms with Gasteiger partial charge in [-0.3, -0.25) is 0 Å². The van der Waals surface area contributed by atoms with E-state index in [1.165, 1.54) is 0 Å².